The average Bonchev–Trinajstić information content (AvgIpc) is 2.06. The van der Waals surface area contributed by atoms with Crippen LogP contribution in [0.2, 0.25) is 0 Å². The number of rotatable bonds is 3. The van der Waals surface area contributed by atoms with Gasteiger partial charge in [0, 0.05) is 6.54 Å². The molecule has 0 radical (unpaired) electrons. The normalized spacial score (nSPS) is 25.2. The highest BCUT2D eigenvalue weighted by atomic mass is 16.3. The Kier molecular flexibility index (Phi) is 3.53. The molecule has 2 nitrogen and oxygen atoms in total. The fourth-order valence-corrected chi connectivity index (χ4v) is 1.71. The monoisotopic (exact) mass is 171 g/mol. The van der Waals surface area contributed by atoms with Crippen LogP contribution in [0.3, 0.4) is 0 Å². The van der Waals surface area contributed by atoms with Gasteiger partial charge >= 0.3 is 0 Å². The highest BCUT2D eigenvalue weighted by molar-refractivity contribution is 4.77. The number of β-amino-alcohol motifs (C(OH)–C–C–N with tert-alkyl or cyclic N) is 1. The number of hydrogen-bond acceptors (Lipinski definition) is 2. The summed E-state index contributed by atoms with van der Waals surface area (Å²) in [7, 11) is 0. The van der Waals surface area contributed by atoms with Crippen molar-refractivity contribution in [3.05, 3.63) is 0 Å². The van der Waals surface area contributed by atoms with E-state index in [1.54, 1.807) is 0 Å². The molecule has 1 aliphatic heterocycles. The number of piperidine rings is 1. The van der Waals surface area contributed by atoms with Crippen molar-refractivity contribution >= 4 is 0 Å². The Bertz CT molecular complexity index is 128. The van der Waals surface area contributed by atoms with Crippen molar-refractivity contribution in [1.82, 2.24) is 4.90 Å². The molecule has 0 saturated carbocycles. The van der Waals surface area contributed by atoms with Crippen LogP contribution in [0.5, 0.6) is 0 Å². The smallest absolute Gasteiger partial charge is 0.0743 e. The summed E-state index contributed by atoms with van der Waals surface area (Å²) >= 11 is 0. The predicted octanol–water partition coefficient (Wildman–Crippen LogP) is 1.63. The molecule has 0 aromatic heterocycles. The third kappa shape index (κ3) is 3.11. The fraction of sp³-hybridized carbons (Fsp3) is 1.00. The maximum atomic E-state index is 9.83. The molecule has 1 heterocycles. The van der Waals surface area contributed by atoms with Crippen LogP contribution >= 0.6 is 0 Å². The van der Waals surface area contributed by atoms with Gasteiger partial charge in [-0.25, -0.2) is 0 Å². The fourth-order valence-electron chi connectivity index (χ4n) is 1.71. The van der Waals surface area contributed by atoms with Crippen LogP contribution in [0.1, 0.15) is 39.5 Å². The molecule has 1 rings (SSSR count). The molecule has 0 aliphatic carbocycles. The first-order valence-corrected chi connectivity index (χ1v) is 5.09. The van der Waals surface area contributed by atoms with Crippen molar-refractivity contribution in [3.8, 4) is 0 Å². The van der Waals surface area contributed by atoms with Crippen LogP contribution in [-0.2, 0) is 0 Å². The molecule has 12 heavy (non-hydrogen) atoms. The Labute approximate surface area is 75.6 Å². The van der Waals surface area contributed by atoms with Gasteiger partial charge < -0.3 is 10.0 Å². The summed E-state index contributed by atoms with van der Waals surface area (Å²) in [5.74, 6) is 0. The van der Waals surface area contributed by atoms with Crippen molar-refractivity contribution in [1.29, 1.82) is 0 Å². The van der Waals surface area contributed by atoms with Crippen LogP contribution < -0.4 is 0 Å². The van der Waals surface area contributed by atoms with E-state index in [1.807, 2.05) is 13.8 Å². The predicted molar refractivity (Wildman–Crippen MR) is 51.2 cm³/mol. The standard InChI is InChI=1S/C10H21NO/c1-3-10(2,12)9-11-7-5-4-6-8-11/h12H,3-9H2,1-2H3. The second-order valence-corrected chi connectivity index (χ2v) is 4.19. The van der Waals surface area contributed by atoms with Crippen molar-refractivity contribution < 1.29 is 5.11 Å². The van der Waals surface area contributed by atoms with E-state index in [0.29, 0.717) is 0 Å². The zero-order chi connectivity index (χ0) is 9.03. The molecular weight excluding hydrogens is 150 g/mol. The molecule has 1 unspecified atom stereocenters. The third-order valence-electron chi connectivity index (χ3n) is 2.77. The van der Waals surface area contributed by atoms with Crippen molar-refractivity contribution in [2.45, 2.75) is 45.1 Å². The maximum Gasteiger partial charge on any atom is 0.0743 e. The Morgan fingerprint density at radius 3 is 2.33 bits per heavy atom. The quantitative estimate of drug-likeness (QED) is 0.697. The minimum absolute atomic E-state index is 0.475. The molecule has 1 atom stereocenters. The first-order chi connectivity index (χ1) is 5.64. The van der Waals surface area contributed by atoms with E-state index in [0.717, 1.165) is 13.0 Å². The molecule has 1 aliphatic rings. The molecule has 0 bridgehead atoms. The number of likely N-dealkylation sites (tertiary alicyclic amines) is 1. The molecule has 2 heteroatoms. The van der Waals surface area contributed by atoms with Crippen molar-refractivity contribution in [3.63, 3.8) is 0 Å². The number of nitrogens with zero attached hydrogens (tertiary/aromatic N) is 1. The lowest BCUT2D eigenvalue weighted by Crippen LogP contribution is -2.42. The molecule has 0 amide bonds. The largest absolute Gasteiger partial charge is 0.389 e. The minimum atomic E-state index is -0.475. The van der Waals surface area contributed by atoms with Gasteiger partial charge in [0.1, 0.15) is 0 Å². The van der Waals surface area contributed by atoms with Gasteiger partial charge in [0.25, 0.3) is 0 Å². The average molecular weight is 171 g/mol. The highest BCUT2D eigenvalue weighted by Gasteiger charge is 2.22. The molecule has 0 aromatic rings. The second-order valence-electron chi connectivity index (χ2n) is 4.19. The van der Waals surface area contributed by atoms with Crippen molar-refractivity contribution in [2.24, 2.45) is 0 Å². The van der Waals surface area contributed by atoms with Crippen LogP contribution in [0.4, 0.5) is 0 Å². The number of hydrogen-bond donors (Lipinski definition) is 1. The topological polar surface area (TPSA) is 23.5 Å². The first-order valence-electron chi connectivity index (χ1n) is 5.09. The lowest BCUT2D eigenvalue weighted by molar-refractivity contribution is 0.0113. The molecule has 1 N–H and O–H groups in total. The van der Waals surface area contributed by atoms with Gasteiger partial charge in [-0.1, -0.05) is 13.3 Å². The summed E-state index contributed by atoms with van der Waals surface area (Å²) in [4.78, 5) is 2.38. The summed E-state index contributed by atoms with van der Waals surface area (Å²) in [5.41, 5.74) is -0.475. The van der Waals surface area contributed by atoms with Gasteiger partial charge in [0.05, 0.1) is 5.60 Å². The van der Waals surface area contributed by atoms with Crippen LogP contribution in [0.15, 0.2) is 0 Å². The van der Waals surface area contributed by atoms with E-state index in [2.05, 4.69) is 4.90 Å². The molecule has 1 fully saturated rings. The SMILES string of the molecule is CCC(C)(O)CN1CCCCC1. The van der Waals surface area contributed by atoms with Crippen LogP contribution in [-0.4, -0.2) is 35.2 Å². The van der Waals surface area contributed by atoms with Crippen molar-refractivity contribution in [2.75, 3.05) is 19.6 Å². The Balaban J connectivity index is 2.28. The molecule has 72 valence electrons. The van der Waals surface area contributed by atoms with E-state index in [4.69, 9.17) is 0 Å². The molecule has 0 spiro atoms. The Hall–Kier alpha value is -0.0800. The lowest BCUT2D eigenvalue weighted by atomic mass is 10.0. The second kappa shape index (κ2) is 4.24. The third-order valence-corrected chi connectivity index (χ3v) is 2.77. The number of aliphatic hydroxyl groups is 1. The summed E-state index contributed by atoms with van der Waals surface area (Å²) in [6.45, 7) is 7.18. The lowest BCUT2D eigenvalue weighted by Gasteiger charge is -2.33. The molecular formula is C10H21NO. The van der Waals surface area contributed by atoms with E-state index in [1.165, 1.54) is 32.4 Å². The van der Waals surface area contributed by atoms with Gasteiger partial charge in [-0.3, -0.25) is 0 Å². The van der Waals surface area contributed by atoms with Gasteiger partial charge in [-0.15, -0.1) is 0 Å². The van der Waals surface area contributed by atoms with E-state index >= 15 is 0 Å². The van der Waals surface area contributed by atoms with Crippen LogP contribution in [0.25, 0.3) is 0 Å². The summed E-state index contributed by atoms with van der Waals surface area (Å²) in [6.07, 6.45) is 4.83. The van der Waals surface area contributed by atoms with E-state index < -0.39 is 5.60 Å². The van der Waals surface area contributed by atoms with Gasteiger partial charge in [-0.05, 0) is 39.3 Å². The van der Waals surface area contributed by atoms with E-state index in [9.17, 15) is 5.11 Å². The first kappa shape index (κ1) is 10.0. The van der Waals surface area contributed by atoms with E-state index in [-0.39, 0.29) is 0 Å². The van der Waals surface area contributed by atoms with Gasteiger partial charge in [0.15, 0.2) is 0 Å². The summed E-state index contributed by atoms with van der Waals surface area (Å²) in [6, 6.07) is 0. The minimum Gasteiger partial charge on any atom is -0.389 e. The Morgan fingerprint density at radius 1 is 1.25 bits per heavy atom. The zero-order valence-corrected chi connectivity index (χ0v) is 8.34. The Morgan fingerprint density at radius 2 is 1.83 bits per heavy atom. The van der Waals surface area contributed by atoms with Gasteiger partial charge in [-0.2, -0.15) is 0 Å². The summed E-state index contributed by atoms with van der Waals surface area (Å²) < 4.78 is 0. The molecule has 0 aromatic carbocycles. The summed E-state index contributed by atoms with van der Waals surface area (Å²) in [5, 5.41) is 9.83. The highest BCUT2D eigenvalue weighted by Crippen LogP contribution is 2.15. The molecule has 1 saturated heterocycles. The maximum absolute atomic E-state index is 9.83. The van der Waals surface area contributed by atoms with Gasteiger partial charge in [0.2, 0.25) is 0 Å². The van der Waals surface area contributed by atoms with Crippen LogP contribution in [0, 0.1) is 0 Å². The zero-order valence-electron chi connectivity index (χ0n) is 8.34.